The molecule has 1 aliphatic heterocycles. The van der Waals surface area contributed by atoms with Crippen LogP contribution in [0.25, 0.3) is 101 Å². The van der Waals surface area contributed by atoms with Crippen molar-refractivity contribution in [2.75, 3.05) is 5.32 Å². The van der Waals surface area contributed by atoms with Gasteiger partial charge in [0.25, 0.3) is 0 Å². The molecule has 1 N–H and O–H groups in total. The first-order chi connectivity index (χ1) is 30.9. The van der Waals surface area contributed by atoms with Gasteiger partial charge >= 0.3 is 0 Å². The number of rotatable bonds is 4. The van der Waals surface area contributed by atoms with Gasteiger partial charge in [0, 0.05) is 96.3 Å². The molecule has 12 aromatic rings. The Labute approximate surface area is 380 Å². The first-order valence-electron chi connectivity index (χ1n) is 22.2. The van der Waals surface area contributed by atoms with Gasteiger partial charge < -0.3 is 14.3 Å². The molecule has 64 heavy (non-hydrogen) atoms. The van der Waals surface area contributed by atoms with Gasteiger partial charge in [-0.25, -0.2) is 0 Å². The average Bonchev–Trinajstić information content (AvgIpc) is 4.05. The van der Waals surface area contributed by atoms with Crippen LogP contribution in [0.5, 0.6) is 0 Å². The topological polar surface area (TPSA) is 30.1 Å². The van der Waals surface area contributed by atoms with Crippen LogP contribution in [0.15, 0.2) is 156 Å². The number of aromatic nitrogens is 1. The van der Waals surface area contributed by atoms with E-state index in [-0.39, 0.29) is 10.8 Å². The summed E-state index contributed by atoms with van der Waals surface area (Å²) in [4.78, 5) is 0. The van der Waals surface area contributed by atoms with E-state index in [1.165, 1.54) is 95.3 Å². The van der Waals surface area contributed by atoms with Crippen molar-refractivity contribution in [2.45, 2.75) is 52.4 Å². The van der Waals surface area contributed by atoms with Gasteiger partial charge in [-0.05, 0) is 87.6 Å². The molecule has 0 fully saturated rings. The molecule has 0 spiro atoms. The Bertz CT molecular complexity index is 3910. The molecule has 6 heteroatoms. The van der Waals surface area contributed by atoms with Crippen molar-refractivity contribution in [3.05, 3.63) is 163 Å². The summed E-state index contributed by atoms with van der Waals surface area (Å²) in [5, 5.41) is 12.8. The zero-order valence-corrected chi connectivity index (χ0v) is 38.3. The monoisotopic (exact) mass is 859 g/mol. The molecule has 307 valence electrons. The van der Waals surface area contributed by atoms with Crippen molar-refractivity contribution in [2.24, 2.45) is 0 Å². The number of hydrogen-bond acceptors (Lipinski definition) is 4. The van der Waals surface area contributed by atoms with Gasteiger partial charge in [-0.15, -0.1) is 22.7 Å². The molecular weight excluding hydrogens is 816 g/mol. The fraction of sp³-hybridized carbons (Fsp3) is 0.138. The molecule has 8 aromatic carbocycles. The first-order valence-corrected chi connectivity index (χ1v) is 23.9. The Morgan fingerprint density at radius 3 is 2.03 bits per heavy atom. The second kappa shape index (κ2) is 13.5. The summed E-state index contributed by atoms with van der Waals surface area (Å²) in [6.07, 6.45) is 0. The number of thiophene rings is 2. The predicted octanol–water partition coefficient (Wildman–Crippen LogP) is 15.9. The highest BCUT2D eigenvalue weighted by atomic mass is 32.1. The Morgan fingerprint density at radius 2 is 1.22 bits per heavy atom. The van der Waals surface area contributed by atoms with E-state index in [1.54, 1.807) is 0 Å². The van der Waals surface area contributed by atoms with E-state index >= 15 is 0 Å². The number of hydrogen-bond donors (Lipinski definition) is 1. The second-order valence-corrected chi connectivity index (χ2v) is 21.9. The van der Waals surface area contributed by atoms with Gasteiger partial charge in [0.15, 0.2) is 7.28 Å². The lowest BCUT2D eigenvalue weighted by Crippen LogP contribution is -2.37. The Balaban J connectivity index is 1.08. The molecule has 0 saturated carbocycles. The maximum atomic E-state index is 6.66. The van der Waals surface area contributed by atoms with Crippen LogP contribution in [0, 0.1) is 0 Å². The van der Waals surface area contributed by atoms with Crippen molar-refractivity contribution < 1.29 is 4.42 Å². The zero-order valence-electron chi connectivity index (χ0n) is 36.7. The van der Waals surface area contributed by atoms with Crippen molar-refractivity contribution in [3.8, 4) is 28.1 Å². The lowest BCUT2D eigenvalue weighted by molar-refractivity contribution is 0.590. The summed E-state index contributed by atoms with van der Waals surface area (Å²) in [6.45, 7) is 13.7. The largest absolute Gasteiger partial charge is 0.456 e. The van der Waals surface area contributed by atoms with Crippen LogP contribution in [0.1, 0.15) is 52.7 Å². The molecule has 4 aromatic heterocycles. The molecule has 0 amide bonds. The van der Waals surface area contributed by atoms with E-state index < -0.39 is 0 Å². The standard InChI is InChI=1S/C58H44BN2OS2/c1-57(2,3)34-16-19-36(20-17-34)60-46-29-53-43(38-21-18-35(58(4,5)6)26-52(38)64-53)27-41(46)39-22-23-40-42-28-44-37-14-10-11-15-51(37)63-54(44)31-47(42)61-48-30-50-33(24-45(48)59-55(39)56(40)61)25-49(62-50)32-12-8-7-9-13-32/h7-31,60H,1-6H3. The van der Waals surface area contributed by atoms with E-state index in [0.717, 1.165) is 39.4 Å². The van der Waals surface area contributed by atoms with Crippen LogP contribution in [-0.4, -0.2) is 11.8 Å². The molecular formula is C58H44BN2OS2. The van der Waals surface area contributed by atoms with Crippen molar-refractivity contribution in [3.63, 3.8) is 0 Å². The van der Waals surface area contributed by atoms with Gasteiger partial charge in [0.1, 0.15) is 11.3 Å². The molecule has 3 nitrogen and oxygen atoms in total. The van der Waals surface area contributed by atoms with Gasteiger partial charge in [0.2, 0.25) is 0 Å². The van der Waals surface area contributed by atoms with Crippen LogP contribution in [0.3, 0.4) is 0 Å². The van der Waals surface area contributed by atoms with Crippen molar-refractivity contribution in [1.29, 1.82) is 0 Å². The van der Waals surface area contributed by atoms with Gasteiger partial charge in [-0.1, -0.05) is 138 Å². The number of nitrogens with one attached hydrogen (secondary N) is 1. The minimum Gasteiger partial charge on any atom is -0.456 e. The quantitative estimate of drug-likeness (QED) is 0.179. The summed E-state index contributed by atoms with van der Waals surface area (Å²) in [6, 6.07) is 56.6. The number of benzene rings is 8. The molecule has 0 saturated heterocycles. The van der Waals surface area contributed by atoms with Crippen molar-refractivity contribution in [1.82, 2.24) is 4.57 Å². The molecule has 0 unspecified atom stereocenters. The van der Waals surface area contributed by atoms with Crippen LogP contribution in [0.4, 0.5) is 11.4 Å². The minimum absolute atomic E-state index is 0.0669. The summed E-state index contributed by atoms with van der Waals surface area (Å²) < 4.78 is 14.4. The summed E-state index contributed by atoms with van der Waals surface area (Å²) in [7, 11) is 2.44. The van der Waals surface area contributed by atoms with Crippen LogP contribution >= 0.6 is 22.7 Å². The van der Waals surface area contributed by atoms with E-state index in [0.29, 0.717) is 0 Å². The van der Waals surface area contributed by atoms with E-state index in [4.69, 9.17) is 4.42 Å². The smallest absolute Gasteiger partial charge is 0.197 e. The third kappa shape index (κ3) is 5.78. The maximum absolute atomic E-state index is 6.66. The molecule has 5 heterocycles. The van der Waals surface area contributed by atoms with Crippen LogP contribution < -0.4 is 16.2 Å². The third-order valence-electron chi connectivity index (χ3n) is 13.5. The van der Waals surface area contributed by atoms with E-state index in [9.17, 15) is 0 Å². The van der Waals surface area contributed by atoms with E-state index in [1.807, 2.05) is 22.7 Å². The fourth-order valence-corrected chi connectivity index (χ4v) is 12.4. The van der Waals surface area contributed by atoms with E-state index in [2.05, 4.69) is 210 Å². The Kier molecular flexibility index (Phi) is 7.98. The molecule has 1 radical (unpaired) electrons. The SMILES string of the molecule is CC(C)(C)c1ccc(Nc2cc3sc4cc(C(C)(C)C)ccc4c3cc2-c2ccc3c4cc5c(cc4n4c3c2[B]c2cc3cc(-c6ccccc6)oc3cc2-4)sc2ccccc25)cc1. The maximum Gasteiger partial charge on any atom is 0.197 e. The number of fused-ring (bicyclic) bond motifs is 12. The highest BCUT2D eigenvalue weighted by molar-refractivity contribution is 7.26. The second-order valence-electron chi connectivity index (χ2n) is 19.7. The lowest BCUT2D eigenvalue weighted by atomic mass is 9.59. The minimum atomic E-state index is 0.0669. The average molecular weight is 860 g/mol. The van der Waals surface area contributed by atoms with Gasteiger partial charge in [0.05, 0.1) is 5.52 Å². The van der Waals surface area contributed by atoms with Gasteiger partial charge in [-0.3, -0.25) is 0 Å². The molecule has 0 aliphatic carbocycles. The summed E-state index contributed by atoms with van der Waals surface area (Å²) >= 11 is 3.77. The fourth-order valence-electron chi connectivity index (χ4n) is 10.1. The molecule has 1 aliphatic rings. The summed E-state index contributed by atoms with van der Waals surface area (Å²) in [5.41, 5.74) is 15.3. The van der Waals surface area contributed by atoms with Crippen LogP contribution in [0.2, 0.25) is 0 Å². The Hall–Kier alpha value is -6.60. The highest BCUT2D eigenvalue weighted by Gasteiger charge is 2.29. The number of nitrogens with zero attached hydrogens (tertiary/aromatic N) is 1. The zero-order chi connectivity index (χ0) is 43.2. The van der Waals surface area contributed by atoms with Crippen molar-refractivity contribution >= 4 is 125 Å². The van der Waals surface area contributed by atoms with Gasteiger partial charge in [-0.2, -0.15) is 0 Å². The number of anilines is 2. The Morgan fingerprint density at radius 1 is 0.531 bits per heavy atom. The lowest BCUT2D eigenvalue weighted by Gasteiger charge is -2.24. The third-order valence-corrected chi connectivity index (χ3v) is 15.8. The predicted molar refractivity (Wildman–Crippen MR) is 279 cm³/mol. The van der Waals surface area contributed by atoms with Crippen LogP contribution in [-0.2, 0) is 10.8 Å². The highest BCUT2D eigenvalue weighted by Crippen LogP contribution is 2.46. The normalized spacial score (nSPS) is 13.0. The molecule has 0 bridgehead atoms. The number of furan rings is 1. The summed E-state index contributed by atoms with van der Waals surface area (Å²) in [5.74, 6) is 0.878. The molecule has 13 rings (SSSR count). The molecule has 0 atom stereocenters. The first kappa shape index (κ1) is 37.9.